The lowest BCUT2D eigenvalue weighted by Gasteiger charge is -2.36. The van der Waals surface area contributed by atoms with Crippen LogP contribution in [0.4, 0.5) is 5.69 Å². The van der Waals surface area contributed by atoms with Gasteiger partial charge in [0.2, 0.25) is 0 Å². The van der Waals surface area contributed by atoms with Crippen molar-refractivity contribution >= 4 is 11.6 Å². The van der Waals surface area contributed by atoms with E-state index in [0.717, 1.165) is 13.1 Å². The minimum Gasteiger partial charge on any atom is -0.497 e. The molecule has 1 amide bonds. The lowest BCUT2D eigenvalue weighted by molar-refractivity contribution is 0.0743. The standard InChI is InChI=1S/C19H22N2O3/c1-23-16-8-9-17(18(14-16)24-2)19(22)21-12-10-20(11-13-21)15-6-4-3-5-7-15/h3-9,14H,10-13H2,1-2H3. The molecule has 1 aliphatic heterocycles. The van der Waals surface area contributed by atoms with E-state index in [4.69, 9.17) is 9.47 Å². The third kappa shape index (κ3) is 3.30. The number of piperazine rings is 1. The Kier molecular flexibility index (Phi) is 4.89. The van der Waals surface area contributed by atoms with Gasteiger partial charge in [0.05, 0.1) is 19.8 Å². The van der Waals surface area contributed by atoms with E-state index in [1.54, 1.807) is 32.4 Å². The van der Waals surface area contributed by atoms with Crippen molar-refractivity contribution in [3.8, 4) is 11.5 Å². The summed E-state index contributed by atoms with van der Waals surface area (Å²) in [6.45, 7) is 3.05. The molecule has 1 fully saturated rings. The van der Waals surface area contributed by atoms with E-state index in [1.807, 2.05) is 23.1 Å². The summed E-state index contributed by atoms with van der Waals surface area (Å²) < 4.78 is 10.5. The van der Waals surface area contributed by atoms with E-state index in [0.29, 0.717) is 30.2 Å². The van der Waals surface area contributed by atoms with Gasteiger partial charge in [-0.3, -0.25) is 4.79 Å². The van der Waals surface area contributed by atoms with E-state index < -0.39 is 0 Å². The molecule has 3 rings (SSSR count). The summed E-state index contributed by atoms with van der Waals surface area (Å²) in [6.07, 6.45) is 0. The van der Waals surface area contributed by atoms with E-state index in [2.05, 4.69) is 17.0 Å². The van der Waals surface area contributed by atoms with Crippen molar-refractivity contribution in [2.45, 2.75) is 0 Å². The zero-order valence-electron chi connectivity index (χ0n) is 14.1. The molecule has 1 saturated heterocycles. The molecule has 0 N–H and O–H groups in total. The van der Waals surface area contributed by atoms with Crippen LogP contribution in [0, 0.1) is 0 Å². The van der Waals surface area contributed by atoms with Crippen molar-refractivity contribution in [2.75, 3.05) is 45.3 Å². The predicted octanol–water partition coefficient (Wildman–Crippen LogP) is 2.67. The fourth-order valence-electron chi connectivity index (χ4n) is 2.95. The summed E-state index contributed by atoms with van der Waals surface area (Å²) in [6, 6.07) is 15.6. The highest BCUT2D eigenvalue weighted by molar-refractivity contribution is 5.97. The summed E-state index contributed by atoms with van der Waals surface area (Å²) in [5, 5.41) is 0. The van der Waals surface area contributed by atoms with Crippen molar-refractivity contribution < 1.29 is 14.3 Å². The molecule has 24 heavy (non-hydrogen) atoms. The number of para-hydroxylation sites is 1. The van der Waals surface area contributed by atoms with Crippen LogP contribution in [0.2, 0.25) is 0 Å². The predicted molar refractivity (Wildman–Crippen MR) is 94.1 cm³/mol. The number of carbonyl (C=O) groups is 1. The van der Waals surface area contributed by atoms with Crippen LogP contribution in [0.25, 0.3) is 0 Å². The largest absolute Gasteiger partial charge is 0.497 e. The summed E-state index contributed by atoms with van der Waals surface area (Å²) >= 11 is 0. The van der Waals surface area contributed by atoms with Crippen LogP contribution >= 0.6 is 0 Å². The van der Waals surface area contributed by atoms with Gasteiger partial charge in [-0.05, 0) is 24.3 Å². The Morgan fingerprint density at radius 2 is 1.62 bits per heavy atom. The molecule has 0 atom stereocenters. The molecule has 0 aromatic heterocycles. The summed E-state index contributed by atoms with van der Waals surface area (Å²) in [5.74, 6) is 1.23. The molecule has 0 radical (unpaired) electrons. The highest BCUT2D eigenvalue weighted by Crippen LogP contribution is 2.26. The maximum Gasteiger partial charge on any atom is 0.257 e. The van der Waals surface area contributed by atoms with E-state index >= 15 is 0 Å². The number of ether oxygens (including phenoxy) is 2. The molecule has 0 aliphatic carbocycles. The van der Waals surface area contributed by atoms with Gasteiger partial charge in [-0.2, -0.15) is 0 Å². The summed E-state index contributed by atoms with van der Waals surface area (Å²) in [4.78, 5) is 17.0. The number of carbonyl (C=O) groups excluding carboxylic acids is 1. The van der Waals surface area contributed by atoms with Crippen molar-refractivity contribution in [3.05, 3.63) is 54.1 Å². The Bertz CT molecular complexity index is 695. The topological polar surface area (TPSA) is 42.0 Å². The van der Waals surface area contributed by atoms with E-state index in [9.17, 15) is 4.79 Å². The minimum atomic E-state index is 0.00205. The number of hydrogen-bond acceptors (Lipinski definition) is 4. The Hall–Kier alpha value is -2.69. The summed E-state index contributed by atoms with van der Waals surface area (Å²) in [5.41, 5.74) is 1.78. The van der Waals surface area contributed by atoms with Crippen LogP contribution in [0.3, 0.4) is 0 Å². The minimum absolute atomic E-state index is 0.00205. The molecule has 0 unspecified atom stereocenters. The summed E-state index contributed by atoms with van der Waals surface area (Å²) in [7, 11) is 3.16. The van der Waals surface area contributed by atoms with Crippen molar-refractivity contribution in [2.24, 2.45) is 0 Å². The molecule has 5 nitrogen and oxygen atoms in total. The van der Waals surface area contributed by atoms with Gasteiger partial charge in [0.1, 0.15) is 11.5 Å². The van der Waals surface area contributed by atoms with Crippen LogP contribution in [-0.4, -0.2) is 51.2 Å². The van der Waals surface area contributed by atoms with Crippen LogP contribution in [0.5, 0.6) is 11.5 Å². The van der Waals surface area contributed by atoms with Gasteiger partial charge in [0, 0.05) is 37.9 Å². The molecule has 0 saturated carbocycles. The average Bonchev–Trinajstić information content (AvgIpc) is 2.67. The Morgan fingerprint density at radius 1 is 0.917 bits per heavy atom. The van der Waals surface area contributed by atoms with Crippen LogP contribution < -0.4 is 14.4 Å². The van der Waals surface area contributed by atoms with E-state index in [1.165, 1.54) is 5.69 Å². The van der Waals surface area contributed by atoms with Gasteiger partial charge < -0.3 is 19.3 Å². The van der Waals surface area contributed by atoms with Gasteiger partial charge in [-0.1, -0.05) is 18.2 Å². The van der Waals surface area contributed by atoms with Crippen molar-refractivity contribution in [3.63, 3.8) is 0 Å². The zero-order chi connectivity index (χ0) is 16.9. The Labute approximate surface area is 142 Å². The van der Waals surface area contributed by atoms with Gasteiger partial charge >= 0.3 is 0 Å². The smallest absolute Gasteiger partial charge is 0.257 e. The number of hydrogen-bond donors (Lipinski definition) is 0. The second-order valence-corrected chi connectivity index (χ2v) is 5.68. The molecular formula is C19H22N2O3. The fraction of sp³-hybridized carbons (Fsp3) is 0.316. The van der Waals surface area contributed by atoms with Crippen LogP contribution in [0.1, 0.15) is 10.4 Å². The Balaban J connectivity index is 1.69. The molecule has 2 aromatic carbocycles. The van der Waals surface area contributed by atoms with Crippen LogP contribution in [-0.2, 0) is 0 Å². The quantitative estimate of drug-likeness (QED) is 0.866. The highest BCUT2D eigenvalue weighted by atomic mass is 16.5. The SMILES string of the molecule is COc1ccc(C(=O)N2CCN(c3ccccc3)CC2)c(OC)c1. The first-order valence-corrected chi connectivity index (χ1v) is 8.04. The second kappa shape index (κ2) is 7.25. The van der Waals surface area contributed by atoms with Gasteiger partial charge in [-0.15, -0.1) is 0 Å². The highest BCUT2D eigenvalue weighted by Gasteiger charge is 2.24. The van der Waals surface area contributed by atoms with Crippen molar-refractivity contribution in [1.82, 2.24) is 4.90 Å². The molecule has 1 heterocycles. The number of nitrogens with zero attached hydrogens (tertiary/aromatic N) is 2. The Morgan fingerprint density at radius 3 is 2.25 bits per heavy atom. The average molecular weight is 326 g/mol. The molecule has 0 spiro atoms. The number of benzene rings is 2. The number of anilines is 1. The maximum atomic E-state index is 12.8. The maximum absolute atomic E-state index is 12.8. The second-order valence-electron chi connectivity index (χ2n) is 5.68. The monoisotopic (exact) mass is 326 g/mol. The van der Waals surface area contributed by atoms with Crippen molar-refractivity contribution in [1.29, 1.82) is 0 Å². The third-order valence-corrected chi connectivity index (χ3v) is 4.33. The first-order chi connectivity index (χ1) is 11.7. The lowest BCUT2D eigenvalue weighted by Crippen LogP contribution is -2.48. The molecule has 2 aromatic rings. The van der Waals surface area contributed by atoms with Gasteiger partial charge in [0.25, 0.3) is 5.91 Å². The normalized spacial score (nSPS) is 14.4. The molecule has 0 bridgehead atoms. The number of methoxy groups -OCH3 is 2. The van der Waals surface area contributed by atoms with Gasteiger partial charge in [-0.25, -0.2) is 0 Å². The van der Waals surface area contributed by atoms with Crippen LogP contribution in [0.15, 0.2) is 48.5 Å². The number of amides is 1. The zero-order valence-corrected chi connectivity index (χ0v) is 14.1. The fourth-order valence-corrected chi connectivity index (χ4v) is 2.95. The molecular weight excluding hydrogens is 304 g/mol. The third-order valence-electron chi connectivity index (χ3n) is 4.33. The molecule has 5 heteroatoms. The first kappa shape index (κ1) is 16.2. The number of rotatable bonds is 4. The first-order valence-electron chi connectivity index (χ1n) is 8.04. The molecule has 1 aliphatic rings. The van der Waals surface area contributed by atoms with E-state index in [-0.39, 0.29) is 5.91 Å². The lowest BCUT2D eigenvalue weighted by atomic mass is 10.1. The van der Waals surface area contributed by atoms with Gasteiger partial charge in [0.15, 0.2) is 0 Å². The molecule has 126 valence electrons.